The fourth-order valence-electron chi connectivity index (χ4n) is 1.99. The Bertz CT molecular complexity index is 610. The van der Waals surface area contributed by atoms with Crippen LogP contribution in [0.2, 0.25) is 0 Å². The zero-order valence-corrected chi connectivity index (χ0v) is 12.2. The second kappa shape index (κ2) is 4.27. The fourth-order valence-corrected chi connectivity index (χ4v) is 1.99. The predicted octanol–water partition coefficient (Wildman–Crippen LogP) is 3.02. The zero-order valence-electron chi connectivity index (χ0n) is 12.2. The number of hydrogen-bond donors (Lipinski definition) is 0. The molecule has 0 atom stereocenters. The van der Waals surface area contributed by atoms with Gasteiger partial charge in [-0.05, 0) is 24.6 Å². The van der Waals surface area contributed by atoms with E-state index in [0.29, 0.717) is 0 Å². The third kappa shape index (κ3) is 2.33. The maximum atomic E-state index is 6.07. The Hall–Kier alpha value is -1.57. The quantitative estimate of drug-likeness (QED) is 0.651. The topological polar surface area (TPSA) is 16.1 Å². The maximum absolute atomic E-state index is 6.07. The monoisotopic (exact) mass is 244 g/mol. The molecule has 0 aromatic heterocycles. The molecule has 2 heteroatoms. The highest BCUT2D eigenvalue weighted by Crippen LogP contribution is 2.31. The van der Waals surface area contributed by atoms with Gasteiger partial charge in [0.1, 0.15) is 25.6 Å². The van der Waals surface area contributed by atoms with E-state index in [0.717, 1.165) is 16.9 Å². The molecule has 1 heterocycles. The van der Waals surface area contributed by atoms with Crippen LogP contribution >= 0.6 is 0 Å². The van der Waals surface area contributed by atoms with Crippen LogP contribution in [0.4, 0.5) is 0 Å². The third-order valence-electron chi connectivity index (χ3n) is 3.21. The van der Waals surface area contributed by atoms with E-state index in [4.69, 9.17) is 4.42 Å². The van der Waals surface area contributed by atoms with E-state index in [2.05, 4.69) is 56.5 Å². The highest BCUT2D eigenvalue weighted by molar-refractivity contribution is 5.63. The van der Waals surface area contributed by atoms with Gasteiger partial charge in [0.15, 0.2) is 0 Å². The van der Waals surface area contributed by atoms with Gasteiger partial charge in [0.05, 0.1) is 6.07 Å². The average Bonchev–Trinajstić information content (AvgIpc) is 2.26. The SMILES string of the molecule is Cc1cc(C(C)(C)C)oc2cc(=[N+](C)C)ccc1-2. The molecule has 0 saturated heterocycles. The molecule has 96 valence electrons. The molecule has 0 N–H and O–H groups in total. The van der Waals surface area contributed by atoms with Gasteiger partial charge in [0, 0.05) is 17.0 Å². The lowest BCUT2D eigenvalue weighted by molar-refractivity contribution is 0.403. The number of rotatable bonds is 0. The lowest BCUT2D eigenvalue weighted by Gasteiger charge is -2.20. The molecule has 0 radical (unpaired) electrons. The summed E-state index contributed by atoms with van der Waals surface area (Å²) >= 11 is 0. The zero-order chi connectivity index (χ0) is 13.5. The van der Waals surface area contributed by atoms with Crippen LogP contribution < -0.4 is 9.93 Å². The van der Waals surface area contributed by atoms with E-state index >= 15 is 0 Å². The number of hydrogen-bond acceptors (Lipinski definition) is 1. The van der Waals surface area contributed by atoms with Crippen molar-refractivity contribution in [2.75, 3.05) is 14.1 Å². The molecule has 2 nitrogen and oxygen atoms in total. The van der Waals surface area contributed by atoms with E-state index < -0.39 is 0 Å². The van der Waals surface area contributed by atoms with E-state index in [-0.39, 0.29) is 5.41 Å². The van der Waals surface area contributed by atoms with Crippen LogP contribution in [0.25, 0.3) is 11.3 Å². The molecule has 0 fully saturated rings. The van der Waals surface area contributed by atoms with Crippen molar-refractivity contribution < 1.29 is 4.42 Å². The lowest BCUT2D eigenvalue weighted by Crippen LogP contribution is -2.21. The standard InChI is InChI=1S/C16H22NO/c1-11-9-15(16(2,3)4)18-14-10-12(17(5)6)7-8-13(11)14/h7-10H,1-6H3/q+1. The van der Waals surface area contributed by atoms with Gasteiger partial charge in [-0.2, -0.15) is 0 Å². The molecule has 2 aliphatic rings. The molecular formula is C16H22NO+. The van der Waals surface area contributed by atoms with Crippen molar-refractivity contribution in [1.82, 2.24) is 4.58 Å². The molecule has 2 rings (SSSR count). The largest absolute Gasteiger partial charge is 0.460 e. The summed E-state index contributed by atoms with van der Waals surface area (Å²) < 4.78 is 8.16. The van der Waals surface area contributed by atoms with E-state index in [1.807, 2.05) is 14.1 Å². The van der Waals surface area contributed by atoms with Gasteiger partial charge in [0.25, 0.3) is 0 Å². The number of nitrogens with zero attached hydrogens (tertiary/aromatic N) is 1. The Morgan fingerprint density at radius 2 is 1.72 bits per heavy atom. The summed E-state index contributed by atoms with van der Waals surface area (Å²) in [4.78, 5) is 0. The van der Waals surface area contributed by atoms with Gasteiger partial charge >= 0.3 is 0 Å². The van der Waals surface area contributed by atoms with Crippen LogP contribution in [-0.4, -0.2) is 14.1 Å². The third-order valence-corrected chi connectivity index (χ3v) is 3.21. The van der Waals surface area contributed by atoms with Crippen LogP contribution in [0, 0.1) is 6.92 Å². The van der Waals surface area contributed by atoms with E-state index in [9.17, 15) is 0 Å². The summed E-state index contributed by atoms with van der Waals surface area (Å²) in [6.45, 7) is 8.66. The molecular weight excluding hydrogens is 222 g/mol. The summed E-state index contributed by atoms with van der Waals surface area (Å²) in [7, 11) is 4.09. The van der Waals surface area contributed by atoms with Crippen molar-refractivity contribution in [2.24, 2.45) is 0 Å². The number of aryl methyl sites for hydroxylation is 1. The normalized spacial score (nSPS) is 11.9. The van der Waals surface area contributed by atoms with Gasteiger partial charge in [-0.25, -0.2) is 4.58 Å². The number of fused-ring (bicyclic) bond motifs is 1. The molecule has 0 aromatic rings. The lowest BCUT2D eigenvalue weighted by atomic mass is 9.91. The second-order valence-corrected chi connectivity index (χ2v) is 6.12. The summed E-state index contributed by atoms with van der Waals surface area (Å²) in [6, 6.07) is 8.52. The molecule has 1 aliphatic heterocycles. The number of benzene rings is 1. The summed E-state index contributed by atoms with van der Waals surface area (Å²) in [5.41, 5.74) is 2.49. The molecule has 0 spiro atoms. The van der Waals surface area contributed by atoms with Gasteiger partial charge < -0.3 is 4.42 Å². The first-order valence-electron chi connectivity index (χ1n) is 6.34. The first-order valence-corrected chi connectivity index (χ1v) is 6.34. The average molecular weight is 244 g/mol. The molecule has 0 unspecified atom stereocenters. The molecule has 0 amide bonds. The van der Waals surface area contributed by atoms with Crippen molar-refractivity contribution in [3.8, 4) is 11.3 Å². The summed E-state index contributed by atoms with van der Waals surface area (Å²) in [5, 5.41) is 1.16. The van der Waals surface area contributed by atoms with Crippen molar-refractivity contribution in [3.05, 3.63) is 40.9 Å². The van der Waals surface area contributed by atoms with Gasteiger partial charge in [-0.3, -0.25) is 0 Å². The van der Waals surface area contributed by atoms with Gasteiger partial charge in [-0.15, -0.1) is 0 Å². The smallest absolute Gasteiger partial charge is 0.203 e. The van der Waals surface area contributed by atoms with Crippen molar-refractivity contribution in [2.45, 2.75) is 33.1 Å². The van der Waals surface area contributed by atoms with Gasteiger partial charge in [-0.1, -0.05) is 20.8 Å². The minimum absolute atomic E-state index is 0.0348. The van der Waals surface area contributed by atoms with Crippen molar-refractivity contribution in [3.63, 3.8) is 0 Å². The van der Waals surface area contributed by atoms with Crippen LogP contribution in [0.15, 0.2) is 28.7 Å². The molecule has 1 aliphatic carbocycles. The Kier molecular flexibility index (Phi) is 3.05. The minimum atomic E-state index is 0.0348. The van der Waals surface area contributed by atoms with Crippen molar-refractivity contribution in [1.29, 1.82) is 0 Å². The molecule has 0 aromatic carbocycles. The van der Waals surface area contributed by atoms with Crippen LogP contribution in [0.5, 0.6) is 0 Å². The van der Waals surface area contributed by atoms with Crippen LogP contribution in [0.3, 0.4) is 0 Å². The van der Waals surface area contributed by atoms with Crippen LogP contribution in [0.1, 0.15) is 32.1 Å². The van der Waals surface area contributed by atoms with Gasteiger partial charge in [0.2, 0.25) is 5.36 Å². The van der Waals surface area contributed by atoms with Crippen molar-refractivity contribution >= 4 is 0 Å². The van der Waals surface area contributed by atoms with E-state index in [1.165, 1.54) is 11.1 Å². The van der Waals surface area contributed by atoms with E-state index in [1.54, 1.807) is 0 Å². The molecule has 0 saturated carbocycles. The highest BCUT2D eigenvalue weighted by atomic mass is 16.3. The Morgan fingerprint density at radius 3 is 2.28 bits per heavy atom. The fraction of sp³-hybridized carbons (Fsp3) is 0.438. The molecule has 0 bridgehead atoms. The maximum Gasteiger partial charge on any atom is 0.203 e. The first kappa shape index (κ1) is 12.9. The minimum Gasteiger partial charge on any atom is -0.460 e. The van der Waals surface area contributed by atoms with Crippen LogP contribution in [-0.2, 0) is 5.41 Å². The summed E-state index contributed by atoms with van der Waals surface area (Å²) in [6.07, 6.45) is 0. The first-order chi connectivity index (χ1) is 8.29. The highest BCUT2D eigenvalue weighted by Gasteiger charge is 2.20. The summed E-state index contributed by atoms with van der Waals surface area (Å²) in [5.74, 6) is 1.99. The Morgan fingerprint density at radius 1 is 1.06 bits per heavy atom. The Labute approximate surface area is 109 Å². The molecule has 18 heavy (non-hydrogen) atoms. The second-order valence-electron chi connectivity index (χ2n) is 6.12. The Balaban J connectivity index is 2.78. The predicted molar refractivity (Wildman–Crippen MR) is 75.9 cm³/mol.